The number of ether oxygens (including phenoxy) is 1. The molecule has 2 aromatic carbocycles. The number of hydrogen-bond donors (Lipinski definition) is 4. The van der Waals surface area contributed by atoms with Gasteiger partial charge in [0.2, 0.25) is 11.8 Å². The largest absolute Gasteiger partial charge is 0.496 e. The lowest BCUT2D eigenvalue weighted by Crippen LogP contribution is -2.56. The second-order valence-electron chi connectivity index (χ2n) is 10.4. The van der Waals surface area contributed by atoms with Crippen LogP contribution in [0.3, 0.4) is 0 Å². The van der Waals surface area contributed by atoms with Crippen molar-refractivity contribution < 1.29 is 19.1 Å². The maximum absolute atomic E-state index is 14.0. The van der Waals surface area contributed by atoms with Gasteiger partial charge < -0.3 is 31.0 Å². The minimum atomic E-state index is -0.925. The number of amides is 3. The Kier molecular flexibility index (Phi) is 6.19. The monoisotopic (exact) mass is 503 g/mol. The van der Waals surface area contributed by atoms with Crippen molar-refractivity contribution in [2.24, 2.45) is 11.7 Å². The quantitative estimate of drug-likeness (QED) is 0.411. The number of para-hydroxylation sites is 1. The summed E-state index contributed by atoms with van der Waals surface area (Å²) in [6, 6.07) is 13.5. The molecule has 9 nitrogen and oxygen atoms in total. The van der Waals surface area contributed by atoms with E-state index in [1.54, 1.807) is 18.1 Å². The molecule has 194 valence electrons. The fourth-order valence-corrected chi connectivity index (χ4v) is 5.97. The van der Waals surface area contributed by atoms with Crippen molar-refractivity contribution >= 4 is 34.3 Å². The lowest BCUT2D eigenvalue weighted by atomic mass is 9.75. The summed E-state index contributed by atoms with van der Waals surface area (Å²) in [6.07, 6.45) is 0.0792. The first-order valence-corrected chi connectivity index (χ1v) is 12.6. The van der Waals surface area contributed by atoms with Crippen molar-refractivity contribution in [1.29, 1.82) is 0 Å². The molecular formula is C28H33N5O4. The highest BCUT2D eigenvalue weighted by atomic mass is 16.5. The van der Waals surface area contributed by atoms with Gasteiger partial charge in [0.05, 0.1) is 18.7 Å². The van der Waals surface area contributed by atoms with E-state index < -0.39 is 29.6 Å². The Hall–Kier alpha value is -3.85. The lowest BCUT2D eigenvalue weighted by molar-refractivity contribution is -0.137. The van der Waals surface area contributed by atoms with Crippen molar-refractivity contribution in [2.75, 3.05) is 12.4 Å². The number of fused-ring (bicyclic) bond motifs is 3. The van der Waals surface area contributed by atoms with Crippen LogP contribution in [0.25, 0.3) is 10.9 Å². The number of rotatable bonds is 6. The fourth-order valence-electron chi connectivity index (χ4n) is 5.97. The number of benzene rings is 2. The molecule has 3 heterocycles. The van der Waals surface area contributed by atoms with Gasteiger partial charge in [0, 0.05) is 29.1 Å². The minimum absolute atomic E-state index is 0.135. The molecule has 0 radical (unpaired) electrons. The summed E-state index contributed by atoms with van der Waals surface area (Å²) in [5.74, 6) is -0.0416. The zero-order valence-electron chi connectivity index (χ0n) is 21.5. The summed E-state index contributed by atoms with van der Waals surface area (Å²) in [5, 5.41) is 6.68. The van der Waals surface area contributed by atoms with Gasteiger partial charge in [0.1, 0.15) is 17.5 Å². The molecule has 3 amide bonds. The van der Waals surface area contributed by atoms with Crippen molar-refractivity contribution in [2.45, 2.75) is 57.3 Å². The Bertz CT molecular complexity index is 1380. The van der Waals surface area contributed by atoms with E-state index in [4.69, 9.17) is 10.5 Å². The van der Waals surface area contributed by atoms with Crippen LogP contribution in [0.4, 0.5) is 5.69 Å². The molecule has 0 saturated carbocycles. The molecule has 5 rings (SSSR count). The van der Waals surface area contributed by atoms with E-state index in [1.165, 1.54) is 0 Å². The number of methoxy groups -OCH3 is 1. The molecule has 1 fully saturated rings. The van der Waals surface area contributed by atoms with Crippen LogP contribution in [-0.4, -0.2) is 53.0 Å². The molecule has 2 aliphatic heterocycles. The average molecular weight is 504 g/mol. The third-order valence-electron chi connectivity index (χ3n) is 7.73. The van der Waals surface area contributed by atoms with Crippen LogP contribution >= 0.6 is 0 Å². The highest BCUT2D eigenvalue weighted by Crippen LogP contribution is 2.49. The summed E-state index contributed by atoms with van der Waals surface area (Å²) in [6.45, 7) is 5.86. The van der Waals surface area contributed by atoms with Gasteiger partial charge in [-0.1, -0.05) is 38.1 Å². The van der Waals surface area contributed by atoms with Gasteiger partial charge in [-0.05, 0) is 49.1 Å². The number of H-pyrrole nitrogens is 1. The average Bonchev–Trinajstić information content (AvgIpc) is 3.50. The summed E-state index contributed by atoms with van der Waals surface area (Å²) in [4.78, 5) is 45.2. The number of likely N-dealkylation sites (tertiary alicyclic amines) is 1. The van der Waals surface area contributed by atoms with Crippen molar-refractivity contribution in [3.05, 3.63) is 59.8 Å². The third kappa shape index (κ3) is 3.94. The van der Waals surface area contributed by atoms with Crippen LogP contribution in [0.5, 0.6) is 5.75 Å². The van der Waals surface area contributed by atoms with Crippen LogP contribution < -0.4 is 21.1 Å². The number of anilines is 1. The number of hydrogen-bond acceptors (Lipinski definition) is 5. The standard InChI is InChI=1S/C28H33N5O4/c1-15(2)12-22(31-25(34)21-13-17-19(30-21)10-7-11-23(17)37-4)26(35)33-16(3)28(14-24(33)29)18-8-5-6-9-20(18)32-27(28)36/h5-11,13,15-16,22,24,30H,12,14,29H2,1-4H3,(H,31,34)(H,32,36)/t16?,22-,24-,28-/m0/s1. The van der Waals surface area contributed by atoms with Crippen LogP contribution in [-0.2, 0) is 15.0 Å². The van der Waals surface area contributed by atoms with Crippen molar-refractivity contribution in [1.82, 2.24) is 15.2 Å². The Morgan fingerprint density at radius 2 is 1.97 bits per heavy atom. The summed E-state index contributed by atoms with van der Waals surface area (Å²) in [5.41, 5.74) is 8.31. The topological polar surface area (TPSA) is 130 Å². The molecule has 1 spiro atoms. The molecule has 2 aliphatic rings. The van der Waals surface area contributed by atoms with Gasteiger partial charge in [-0.3, -0.25) is 14.4 Å². The number of nitrogens with one attached hydrogen (secondary N) is 3. The maximum Gasteiger partial charge on any atom is 0.268 e. The van der Waals surface area contributed by atoms with Gasteiger partial charge >= 0.3 is 0 Å². The SMILES string of the molecule is COc1cccc2[nH]c(C(=O)N[C@@H](CC(C)C)C(=O)N3C(C)[C@]4(C[C@H]3N)C(=O)Nc3ccccc34)cc12. The molecule has 0 aliphatic carbocycles. The Labute approximate surface area is 215 Å². The molecular weight excluding hydrogens is 470 g/mol. The summed E-state index contributed by atoms with van der Waals surface area (Å²) in [7, 11) is 1.58. The van der Waals surface area contributed by atoms with E-state index in [0.29, 0.717) is 24.3 Å². The number of aromatic amines is 1. The fraction of sp³-hybridized carbons (Fsp3) is 0.393. The number of carbonyl (C=O) groups excluding carboxylic acids is 3. The van der Waals surface area contributed by atoms with Crippen molar-refractivity contribution in [3.8, 4) is 5.75 Å². The van der Waals surface area contributed by atoms with E-state index in [-0.39, 0.29) is 17.7 Å². The predicted molar refractivity (Wildman–Crippen MR) is 141 cm³/mol. The number of nitrogens with two attached hydrogens (primary N) is 1. The smallest absolute Gasteiger partial charge is 0.268 e. The zero-order valence-corrected chi connectivity index (χ0v) is 21.5. The highest BCUT2D eigenvalue weighted by Gasteiger charge is 2.60. The number of carbonyl (C=O) groups is 3. The first-order valence-electron chi connectivity index (χ1n) is 12.6. The van der Waals surface area contributed by atoms with Crippen LogP contribution in [0.2, 0.25) is 0 Å². The van der Waals surface area contributed by atoms with E-state index >= 15 is 0 Å². The molecule has 4 atom stereocenters. The minimum Gasteiger partial charge on any atom is -0.496 e. The van der Waals surface area contributed by atoms with E-state index in [1.807, 2.05) is 63.2 Å². The van der Waals surface area contributed by atoms with E-state index in [2.05, 4.69) is 15.6 Å². The van der Waals surface area contributed by atoms with Gasteiger partial charge in [-0.2, -0.15) is 0 Å². The Morgan fingerprint density at radius 3 is 2.70 bits per heavy atom. The molecule has 5 N–H and O–H groups in total. The van der Waals surface area contributed by atoms with Crippen molar-refractivity contribution in [3.63, 3.8) is 0 Å². The first kappa shape index (κ1) is 24.8. The predicted octanol–water partition coefficient (Wildman–Crippen LogP) is 3.12. The van der Waals surface area contributed by atoms with Gasteiger partial charge in [-0.15, -0.1) is 0 Å². The highest BCUT2D eigenvalue weighted by molar-refractivity contribution is 6.08. The van der Waals surface area contributed by atoms with Crippen LogP contribution in [0, 0.1) is 5.92 Å². The lowest BCUT2D eigenvalue weighted by Gasteiger charge is -2.34. The molecule has 9 heteroatoms. The van der Waals surface area contributed by atoms with Gasteiger partial charge in [-0.25, -0.2) is 0 Å². The van der Waals surface area contributed by atoms with Gasteiger partial charge in [0.25, 0.3) is 5.91 Å². The van der Waals surface area contributed by atoms with E-state index in [9.17, 15) is 14.4 Å². The zero-order chi connectivity index (χ0) is 26.5. The molecule has 37 heavy (non-hydrogen) atoms. The number of aromatic nitrogens is 1. The Balaban J connectivity index is 1.43. The first-order chi connectivity index (χ1) is 17.7. The normalized spacial score (nSPS) is 23.4. The summed E-state index contributed by atoms with van der Waals surface area (Å²) >= 11 is 0. The second kappa shape index (κ2) is 9.23. The molecule has 3 aromatic rings. The second-order valence-corrected chi connectivity index (χ2v) is 10.4. The van der Waals surface area contributed by atoms with Crippen LogP contribution in [0.15, 0.2) is 48.5 Å². The molecule has 1 saturated heterocycles. The molecule has 1 aromatic heterocycles. The van der Waals surface area contributed by atoms with Gasteiger partial charge in [0.15, 0.2) is 0 Å². The maximum atomic E-state index is 14.0. The summed E-state index contributed by atoms with van der Waals surface area (Å²) < 4.78 is 5.40. The van der Waals surface area contributed by atoms with Crippen LogP contribution in [0.1, 0.15) is 49.7 Å². The molecule has 1 unspecified atom stereocenters. The third-order valence-corrected chi connectivity index (χ3v) is 7.73. The Morgan fingerprint density at radius 1 is 1.22 bits per heavy atom. The van der Waals surface area contributed by atoms with E-state index in [0.717, 1.165) is 22.2 Å². The molecule has 0 bridgehead atoms. The number of nitrogens with zero attached hydrogens (tertiary/aromatic N) is 1.